The summed E-state index contributed by atoms with van der Waals surface area (Å²) in [4.78, 5) is 15.4. The second-order valence-corrected chi connectivity index (χ2v) is 4.77. The van der Waals surface area contributed by atoms with Crippen LogP contribution in [0.2, 0.25) is 0 Å². The number of fused-ring (bicyclic) bond motifs is 1. The first-order valence-electron chi connectivity index (χ1n) is 6.33. The number of aromatic carboxylic acids is 1. The van der Waals surface area contributed by atoms with Gasteiger partial charge < -0.3 is 9.67 Å². The minimum Gasteiger partial charge on any atom is -0.478 e. The van der Waals surface area contributed by atoms with Crippen molar-refractivity contribution in [1.29, 1.82) is 0 Å². The Kier molecular flexibility index (Phi) is 2.79. The van der Waals surface area contributed by atoms with Crippen molar-refractivity contribution < 1.29 is 9.90 Å². The Balaban J connectivity index is 2.32. The Labute approximate surface area is 116 Å². The van der Waals surface area contributed by atoms with Gasteiger partial charge in [-0.3, -0.25) is 4.98 Å². The van der Waals surface area contributed by atoms with Crippen LogP contribution in [0, 0.1) is 6.92 Å². The highest BCUT2D eigenvalue weighted by Crippen LogP contribution is 2.32. The van der Waals surface area contributed by atoms with Crippen LogP contribution in [0.25, 0.3) is 22.2 Å². The van der Waals surface area contributed by atoms with Crippen LogP contribution in [-0.4, -0.2) is 20.6 Å². The zero-order valence-electron chi connectivity index (χ0n) is 11.3. The number of carbonyl (C=O) groups is 1. The molecule has 2 aromatic heterocycles. The Morgan fingerprint density at radius 3 is 2.75 bits per heavy atom. The molecule has 0 radical (unpaired) electrons. The van der Waals surface area contributed by atoms with Crippen molar-refractivity contribution >= 4 is 16.9 Å². The normalized spacial score (nSPS) is 10.9. The molecule has 20 heavy (non-hydrogen) atoms. The fourth-order valence-corrected chi connectivity index (χ4v) is 2.54. The molecule has 0 fully saturated rings. The number of nitrogens with zero attached hydrogens (tertiary/aromatic N) is 2. The molecule has 0 aliphatic rings. The lowest BCUT2D eigenvalue weighted by Gasteiger charge is -2.03. The van der Waals surface area contributed by atoms with Crippen LogP contribution in [0.3, 0.4) is 0 Å². The summed E-state index contributed by atoms with van der Waals surface area (Å²) in [6, 6.07) is 11.2. The largest absolute Gasteiger partial charge is 0.478 e. The molecule has 2 heterocycles. The quantitative estimate of drug-likeness (QED) is 0.774. The third kappa shape index (κ3) is 1.77. The number of hydrogen-bond donors (Lipinski definition) is 1. The van der Waals surface area contributed by atoms with Crippen LogP contribution < -0.4 is 0 Å². The van der Waals surface area contributed by atoms with Crippen LogP contribution in [-0.2, 0) is 7.05 Å². The first-order chi connectivity index (χ1) is 9.59. The van der Waals surface area contributed by atoms with E-state index in [2.05, 4.69) is 9.55 Å². The Morgan fingerprint density at radius 2 is 2.00 bits per heavy atom. The van der Waals surface area contributed by atoms with Crippen LogP contribution in [0.15, 0.2) is 42.6 Å². The molecule has 0 bridgehead atoms. The molecule has 3 aromatic rings. The van der Waals surface area contributed by atoms with E-state index in [4.69, 9.17) is 5.11 Å². The molecule has 1 N–H and O–H groups in total. The summed E-state index contributed by atoms with van der Waals surface area (Å²) in [5.74, 6) is -0.938. The highest BCUT2D eigenvalue weighted by Gasteiger charge is 2.15. The summed E-state index contributed by atoms with van der Waals surface area (Å²) in [7, 11) is 2.00. The van der Waals surface area contributed by atoms with Crippen LogP contribution >= 0.6 is 0 Å². The maximum absolute atomic E-state index is 11.1. The number of para-hydroxylation sites is 1. The smallest absolute Gasteiger partial charge is 0.335 e. The lowest BCUT2D eigenvalue weighted by Crippen LogP contribution is -1.98. The molecule has 1 aromatic carbocycles. The third-order valence-corrected chi connectivity index (χ3v) is 3.66. The maximum atomic E-state index is 11.1. The van der Waals surface area contributed by atoms with Gasteiger partial charge in [-0.25, -0.2) is 4.79 Å². The van der Waals surface area contributed by atoms with Crippen LogP contribution in [0.5, 0.6) is 0 Å². The fraction of sp³-hybridized carbons (Fsp3) is 0.125. The molecule has 3 rings (SSSR count). The van der Waals surface area contributed by atoms with Gasteiger partial charge in [-0.15, -0.1) is 0 Å². The number of benzene rings is 1. The van der Waals surface area contributed by atoms with Gasteiger partial charge in [-0.2, -0.15) is 0 Å². The number of hydrogen-bond acceptors (Lipinski definition) is 2. The Bertz CT molecular complexity index is 818. The van der Waals surface area contributed by atoms with Crippen molar-refractivity contribution in [1.82, 2.24) is 9.55 Å². The van der Waals surface area contributed by atoms with E-state index in [0.29, 0.717) is 5.69 Å². The lowest BCUT2D eigenvalue weighted by molar-refractivity contribution is 0.0697. The van der Waals surface area contributed by atoms with Crippen molar-refractivity contribution in [3.63, 3.8) is 0 Å². The van der Waals surface area contributed by atoms with Gasteiger partial charge in [-0.05, 0) is 25.1 Å². The highest BCUT2D eigenvalue weighted by atomic mass is 16.4. The number of pyridine rings is 1. The standard InChI is InChI=1S/C16H14N2O2/c1-10-15(12-5-3-4-6-14(12)18(10)2)13-9-11(16(19)20)7-8-17-13/h3-9H,1-2H3,(H,19,20). The van der Waals surface area contributed by atoms with E-state index < -0.39 is 5.97 Å². The number of aromatic nitrogens is 2. The number of carboxylic acids is 1. The third-order valence-electron chi connectivity index (χ3n) is 3.66. The average Bonchev–Trinajstić information content (AvgIpc) is 2.72. The van der Waals surface area contributed by atoms with E-state index in [1.165, 1.54) is 6.07 Å². The first kappa shape index (κ1) is 12.4. The summed E-state index contributed by atoms with van der Waals surface area (Å²) in [6.45, 7) is 2.02. The summed E-state index contributed by atoms with van der Waals surface area (Å²) in [5.41, 5.74) is 4.12. The predicted octanol–water partition coefficient (Wildman–Crippen LogP) is 3.25. The van der Waals surface area contributed by atoms with Crippen LogP contribution in [0.1, 0.15) is 16.1 Å². The molecule has 0 atom stereocenters. The zero-order valence-corrected chi connectivity index (χ0v) is 11.3. The molecular formula is C16H14N2O2. The van der Waals surface area contributed by atoms with Gasteiger partial charge in [0.1, 0.15) is 0 Å². The fourth-order valence-electron chi connectivity index (χ4n) is 2.54. The summed E-state index contributed by atoms with van der Waals surface area (Å²) in [6.07, 6.45) is 1.54. The van der Waals surface area contributed by atoms with E-state index in [1.807, 2.05) is 38.2 Å². The van der Waals surface area contributed by atoms with E-state index in [0.717, 1.165) is 22.2 Å². The molecule has 0 aliphatic heterocycles. The van der Waals surface area contributed by atoms with Crippen molar-refractivity contribution in [2.24, 2.45) is 7.05 Å². The van der Waals surface area contributed by atoms with Gasteiger partial charge in [0.15, 0.2) is 0 Å². The number of rotatable bonds is 2. The molecule has 0 saturated carbocycles. The van der Waals surface area contributed by atoms with Gasteiger partial charge in [0.05, 0.1) is 11.3 Å². The predicted molar refractivity (Wildman–Crippen MR) is 77.8 cm³/mol. The van der Waals surface area contributed by atoms with Gasteiger partial charge in [0, 0.05) is 35.4 Å². The summed E-state index contributed by atoms with van der Waals surface area (Å²) >= 11 is 0. The monoisotopic (exact) mass is 266 g/mol. The topological polar surface area (TPSA) is 55.1 Å². The Hall–Kier alpha value is -2.62. The lowest BCUT2D eigenvalue weighted by atomic mass is 10.1. The minimum absolute atomic E-state index is 0.252. The van der Waals surface area contributed by atoms with Crippen molar-refractivity contribution in [2.45, 2.75) is 6.92 Å². The molecule has 0 amide bonds. The van der Waals surface area contributed by atoms with Gasteiger partial charge in [0.2, 0.25) is 0 Å². The molecule has 0 unspecified atom stereocenters. The van der Waals surface area contributed by atoms with Crippen molar-refractivity contribution in [3.8, 4) is 11.3 Å². The van der Waals surface area contributed by atoms with Crippen LogP contribution in [0.4, 0.5) is 0 Å². The van der Waals surface area contributed by atoms with E-state index in [9.17, 15) is 4.79 Å². The first-order valence-corrected chi connectivity index (χ1v) is 6.33. The second-order valence-electron chi connectivity index (χ2n) is 4.77. The molecule has 4 nitrogen and oxygen atoms in total. The van der Waals surface area contributed by atoms with E-state index in [1.54, 1.807) is 12.3 Å². The highest BCUT2D eigenvalue weighted by molar-refractivity contribution is 5.98. The minimum atomic E-state index is -0.938. The van der Waals surface area contributed by atoms with Gasteiger partial charge >= 0.3 is 5.97 Å². The Morgan fingerprint density at radius 1 is 1.25 bits per heavy atom. The van der Waals surface area contributed by atoms with E-state index >= 15 is 0 Å². The molecule has 100 valence electrons. The molecule has 0 spiro atoms. The zero-order chi connectivity index (χ0) is 14.3. The average molecular weight is 266 g/mol. The summed E-state index contributed by atoms with van der Waals surface area (Å²) < 4.78 is 2.10. The number of carboxylic acid groups (broad SMARTS) is 1. The van der Waals surface area contributed by atoms with Gasteiger partial charge in [0.25, 0.3) is 0 Å². The molecule has 0 saturated heterocycles. The molecule has 0 aliphatic carbocycles. The molecular weight excluding hydrogens is 252 g/mol. The van der Waals surface area contributed by atoms with E-state index in [-0.39, 0.29) is 5.56 Å². The molecule has 4 heteroatoms. The number of aryl methyl sites for hydroxylation is 1. The van der Waals surface area contributed by atoms with Crippen molar-refractivity contribution in [2.75, 3.05) is 0 Å². The van der Waals surface area contributed by atoms with Crippen molar-refractivity contribution in [3.05, 3.63) is 53.9 Å². The summed E-state index contributed by atoms with van der Waals surface area (Å²) in [5, 5.41) is 10.2. The SMILES string of the molecule is Cc1c(-c2cc(C(=O)O)ccn2)c2ccccc2n1C. The van der Waals surface area contributed by atoms with Gasteiger partial charge in [-0.1, -0.05) is 18.2 Å². The maximum Gasteiger partial charge on any atom is 0.335 e. The second kappa shape index (κ2) is 4.49.